The first-order valence-electron chi connectivity index (χ1n) is 5.41. The van der Waals surface area contributed by atoms with Crippen molar-refractivity contribution >= 4 is 29.3 Å². The molecule has 0 aliphatic rings. The monoisotopic (exact) mass is 272 g/mol. The van der Waals surface area contributed by atoms with Gasteiger partial charge < -0.3 is 4.74 Å². The lowest BCUT2D eigenvalue weighted by Crippen LogP contribution is -2.24. The lowest BCUT2D eigenvalue weighted by atomic mass is 10.2. The van der Waals surface area contributed by atoms with Gasteiger partial charge in [-0.2, -0.15) is 0 Å². The van der Waals surface area contributed by atoms with Gasteiger partial charge in [-0.15, -0.1) is 11.8 Å². The molecule has 0 fully saturated rings. The summed E-state index contributed by atoms with van der Waals surface area (Å²) in [6.45, 7) is 5.60. The van der Waals surface area contributed by atoms with Crippen LogP contribution in [0.3, 0.4) is 0 Å². The number of carbonyl (C=O) groups is 1. The fourth-order valence-corrected chi connectivity index (χ4v) is 2.21. The number of esters is 1. The van der Waals surface area contributed by atoms with Crippen LogP contribution in [-0.4, -0.2) is 17.3 Å². The fourth-order valence-electron chi connectivity index (χ4n) is 1.25. The van der Waals surface area contributed by atoms with E-state index in [-0.39, 0.29) is 5.97 Å². The molecule has 2 nitrogen and oxygen atoms in total. The van der Waals surface area contributed by atoms with E-state index in [1.165, 1.54) is 11.8 Å². The number of hydrogen-bond donors (Lipinski definition) is 0. The molecule has 4 heteroatoms. The molecule has 0 aliphatic heterocycles. The summed E-state index contributed by atoms with van der Waals surface area (Å²) in [5, 5.41) is 0.723. The molecule has 0 spiro atoms. The van der Waals surface area contributed by atoms with Crippen LogP contribution in [0, 0.1) is 0 Å². The number of ether oxygens (including phenoxy) is 1. The van der Waals surface area contributed by atoms with Gasteiger partial charge in [-0.25, -0.2) is 0 Å². The van der Waals surface area contributed by atoms with Crippen molar-refractivity contribution < 1.29 is 9.53 Å². The minimum absolute atomic E-state index is 0.176. The van der Waals surface area contributed by atoms with Gasteiger partial charge in [0.1, 0.15) is 5.60 Å². The minimum atomic E-state index is -0.409. The standard InChI is InChI=1S/C13H17ClO2S/c1-13(2,3)16-12(15)9-17-8-10-5-4-6-11(14)7-10/h4-7H,8-9H2,1-3H3. The number of rotatable bonds is 4. The van der Waals surface area contributed by atoms with E-state index >= 15 is 0 Å². The highest BCUT2D eigenvalue weighted by Gasteiger charge is 2.15. The van der Waals surface area contributed by atoms with Gasteiger partial charge in [-0.05, 0) is 38.5 Å². The van der Waals surface area contributed by atoms with E-state index in [9.17, 15) is 4.79 Å². The van der Waals surface area contributed by atoms with Crippen molar-refractivity contribution in [3.05, 3.63) is 34.9 Å². The smallest absolute Gasteiger partial charge is 0.316 e. The first-order valence-corrected chi connectivity index (χ1v) is 6.94. The first-order chi connectivity index (χ1) is 7.87. The molecule has 94 valence electrons. The summed E-state index contributed by atoms with van der Waals surface area (Å²) in [6.07, 6.45) is 0. The maximum absolute atomic E-state index is 11.4. The third-order valence-corrected chi connectivity index (χ3v) is 3.01. The van der Waals surface area contributed by atoms with Gasteiger partial charge in [-0.3, -0.25) is 4.79 Å². The number of carbonyl (C=O) groups excluding carboxylic acids is 1. The molecule has 0 bridgehead atoms. The van der Waals surface area contributed by atoms with Crippen LogP contribution in [0.1, 0.15) is 26.3 Å². The zero-order valence-corrected chi connectivity index (χ0v) is 11.9. The van der Waals surface area contributed by atoms with E-state index in [4.69, 9.17) is 16.3 Å². The highest BCUT2D eigenvalue weighted by molar-refractivity contribution is 7.99. The first kappa shape index (κ1) is 14.4. The number of thioether (sulfide) groups is 1. The molecule has 1 aromatic carbocycles. The van der Waals surface area contributed by atoms with Crippen molar-refractivity contribution in [2.45, 2.75) is 32.1 Å². The molecule has 0 heterocycles. The summed E-state index contributed by atoms with van der Waals surface area (Å²) in [4.78, 5) is 11.4. The van der Waals surface area contributed by atoms with Crippen LogP contribution in [0.5, 0.6) is 0 Å². The molecule has 0 atom stereocenters. The van der Waals surface area contributed by atoms with E-state index < -0.39 is 5.60 Å². The molecule has 1 rings (SSSR count). The molecule has 0 radical (unpaired) electrons. The molecule has 0 aromatic heterocycles. The normalized spacial score (nSPS) is 11.3. The van der Waals surface area contributed by atoms with Crippen LogP contribution < -0.4 is 0 Å². The van der Waals surface area contributed by atoms with Crippen molar-refractivity contribution in [2.75, 3.05) is 5.75 Å². The van der Waals surface area contributed by atoms with E-state index in [1.54, 1.807) is 0 Å². The third-order valence-electron chi connectivity index (χ3n) is 1.80. The van der Waals surface area contributed by atoms with Crippen LogP contribution >= 0.6 is 23.4 Å². The minimum Gasteiger partial charge on any atom is -0.459 e. The summed E-state index contributed by atoms with van der Waals surface area (Å²) >= 11 is 7.40. The Balaban J connectivity index is 2.31. The molecule has 1 aromatic rings. The maximum atomic E-state index is 11.4. The van der Waals surface area contributed by atoms with E-state index in [1.807, 2.05) is 45.0 Å². The Morgan fingerprint density at radius 2 is 2.12 bits per heavy atom. The molecule has 0 amide bonds. The fraction of sp³-hybridized carbons (Fsp3) is 0.462. The second kappa shape index (κ2) is 6.31. The van der Waals surface area contributed by atoms with Gasteiger partial charge in [0.05, 0.1) is 5.75 Å². The van der Waals surface area contributed by atoms with E-state index in [0.29, 0.717) is 5.75 Å². The predicted molar refractivity (Wildman–Crippen MR) is 73.5 cm³/mol. The van der Waals surface area contributed by atoms with Crippen LogP contribution in [0.25, 0.3) is 0 Å². The van der Waals surface area contributed by atoms with Gasteiger partial charge >= 0.3 is 5.97 Å². The topological polar surface area (TPSA) is 26.3 Å². The highest BCUT2D eigenvalue weighted by atomic mass is 35.5. The highest BCUT2D eigenvalue weighted by Crippen LogP contribution is 2.17. The van der Waals surface area contributed by atoms with Crippen LogP contribution in [0.15, 0.2) is 24.3 Å². The Morgan fingerprint density at radius 3 is 2.71 bits per heavy atom. The number of halogens is 1. The van der Waals surface area contributed by atoms with Crippen molar-refractivity contribution in [3.8, 4) is 0 Å². The second-order valence-electron chi connectivity index (χ2n) is 4.71. The van der Waals surface area contributed by atoms with Gasteiger partial charge in [0.2, 0.25) is 0 Å². The Bertz CT molecular complexity index is 385. The average molecular weight is 273 g/mol. The van der Waals surface area contributed by atoms with Crippen LogP contribution in [-0.2, 0) is 15.3 Å². The van der Waals surface area contributed by atoms with Crippen molar-refractivity contribution in [2.24, 2.45) is 0 Å². The second-order valence-corrected chi connectivity index (χ2v) is 6.13. The third kappa shape index (κ3) is 6.59. The summed E-state index contributed by atoms with van der Waals surface area (Å²) in [5.74, 6) is 0.952. The summed E-state index contributed by atoms with van der Waals surface area (Å²) in [5.41, 5.74) is 0.708. The summed E-state index contributed by atoms with van der Waals surface area (Å²) in [6, 6.07) is 7.65. The molecule has 0 saturated carbocycles. The van der Waals surface area contributed by atoms with Crippen molar-refractivity contribution in [3.63, 3.8) is 0 Å². The van der Waals surface area contributed by atoms with Gasteiger partial charge in [0, 0.05) is 10.8 Å². The molecule has 0 saturated heterocycles. The molecular formula is C13H17ClO2S. The quantitative estimate of drug-likeness (QED) is 0.777. The van der Waals surface area contributed by atoms with Gasteiger partial charge in [-0.1, -0.05) is 23.7 Å². The molecule has 17 heavy (non-hydrogen) atoms. The SMILES string of the molecule is CC(C)(C)OC(=O)CSCc1cccc(Cl)c1. The zero-order chi connectivity index (χ0) is 12.9. The molecule has 0 N–H and O–H groups in total. The Morgan fingerprint density at radius 1 is 1.41 bits per heavy atom. The lowest BCUT2D eigenvalue weighted by molar-refractivity contribution is -0.151. The lowest BCUT2D eigenvalue weighted by Gasteiger charge is -2.19. The zero-order valence-electron chi connectivity index (χ0n) is 10.3. The Hall–Kier alpha value is -0.670. The van der Waals surface area contributed by atoms with E-state index in [0.717, 1.165) is 16.3 Å². The summed E-state index contributed by atoms with van der Waals surface area (Å²) in [7, 11) is 0. The number of hydrogen-bond acceptors (Lipinski definition) is 3. The Labute approximate surface area is 112 Å². The molecular weight excluding hydrogens is 256 g/mol. The van der Waals surface area contributed by atoms with Gasteiger partial charge in [0.15, 0.2) is 0 Å². The van der Waals surface area contributed by atoms with Crippen molar-refractivity contribution in [1.29, 1.82) is 0 Å². The largest absolute Gasteiger partial charge is 0.459 e. The Kier molecular flexibility index (Phi) is 5.34. The predicted octanol–water partition coefficient (Wildman–Crippen LogP) is 3.91. The van der Waals surface area contributed by atoms with E-state index in [2.05, 4.69) is 0 Å². The molecule has 0 unspecified atom stereocenters. The van der Waals surface area contributed by atoms with Crippen molar-refractivity contribution in [1.82, 2.24) is 0 Å². The van der Waals surface area contributed by atoms with Gasteiger partial charge in [0.25, 0.3) is 0 Å². The number of benzene rings is 1. The van der Waals surface area contributed by atoms with Crippen LogP contribution in [0.4, 0.5) is 0 Å². The average Bonchev–Trinajstić information content (AvgIpc) is 2.14. The molecule has 0 aliphatic carbocycles. The van der Waals surface area contributed by atoms with Crippen LogP contribution in [0.2, 0.25) is 5.02 Å². The summed E-state index contributed by atoms with van der Waals surface area (Å²) < 4.78 is 5.21. The maximum Gasteiger partial charge on any atom is 0.316 e.